The van der Waals surface area contributed by atoms with Gasteiger partial charge in [-0.2, -0.15) is 18.2 Å². The van der Waals surface area contributed by atoms with Gasteiger partial charge in [-0.15, -0.1) is 11.3 Å². The van der Waals surface area contributed by atoms with Gasteiger partial charge >= 0.3 is 6.18 Å². The molecule has 3 aromatic rings. The van der Waals surface area contributed by atoms with E-state index in [1.165, 1.54) is 23.5 Å². The average Bonchev–Trinajstić information content (AvgIpc) is 2.91. The summed E-state index contributed by atoms with van der Waals surface area (Å²) in [4.78, 5) is 11.2. The van der Waals surface area contributed by atoms with E-state index in [0.29, 0.717) is 11.3 Å². The zero-order chi connectivity index (χ0) is 18.4. The Bertz CT molecular complexity index is 923. The van der Waals surface area contributed by atoms with Crippen LogP contribution in [0.2, 0.25) is 5.28 Å². The fourth-order valence-corrected chi connectivity index (χ4v) is 3.91. The molecule has 3 nitrogen and oxygen atoms in total. The van der Waals surface area contributed by atoms with Gasteiger partial charge in [0.15, 0.2) is 5.82 Å². The highest BCUT2D eigenvalue weighted by atomic mass is 35.5. The van der Waals surface area contributed by atoms with Crippen molar-refractivity contribution in [3.8, 4) is 0 Å². The number of anilines is 1. The Hall–Kier alpha value is -1.86. The summed E-state index contributed by atoms with van der Waals surface area (Å²) < 4.78 is 40.8. The minimum atomic E-state index is -4.41. The molecule has 0 fully saturated rings. The molecule has 0 saturated heterocycles. The van der Waals surface area contributed by atoms with Crippen LogP contribution in [0.25, 0.3) is 10.2 Å². The first-order valence-corrected chi connectivity index (χ1v) is 8.70. The molecule has 132 valence electrons. The molecular formula is C17H15ClF3N3S. The predicted octanol–water partition coefficient (Wildman–Crippen LogP) is 5.87. The summed E-state index contributed by atoms with van der Waals surface area (Å²) in [6.07, 6.45) is -4.41. The first-order valence-electron chi connectivity index (χ1n) is 7.51. The van der Waals surface area contributed by atoms with Crippen molar-refractivity contribution >= 4 is 39.0 Å². The van der Waals surface area contributed by atoms with Gasteiger partial charge in [0.2, 0.25) is 5.28 Å². The van der Waals surface area contributed by atoms with Crippen molar-refractivity contribution in [3.05, 3.63) is 51.6 Å². The average molecular weight is 386 g/mol. The van der Waals surface area contributed by atoms with E-state index in [1.54, 1.807) is 24.9 Å². The largest absolute Gasteiger partial charge is 0.416 e. The number of rotatable bonds is 3. The van der Waals surface area contributed by atoms with E-state index in [4.69, 9.17) is 11.6 Å². The second-order valence-corrected chi connectivity index (χ2v) is 7.35. The molecule has 1 aromatic carbocycles. The van der Waals surface area contributed by atoms with Crippen LogP contribution in [-0.4, -0.2) is 17.0 Å². The highest BCUT2D eigenvalue weighted by molar-refractivity contribution is 7.19. The molecule has 0 aliphatic heterocycles. The summed E-state index contributed by atoms with van der Waals surface area (Å²) in [6, 6.07) is 6.92. The SMILES string of the molecule is Cc1cc2nc(Cl)nc(N(C)C(C)c3ccccc3C(F)(F)F)c2s1. The summed E-state index contributed by atoms with van der Waals surface area (Å²) >= 11 is 7.50. The molecule has 0 N–H and O–H groups in total. The van der Waals surface area contributed by atoms with E-state index in [1.807, 2.05) is 13.0 Å². The van der Waals surface area contributed by atoms with Crippen LogP contribution in [0.15, 0.2) is 30.3 Å². The molecule has 0 bridgehead atoms. The van der Waals surface area contributed by atoms with Crippen LogP contribution in [0.4, 0.5) is 19.0 Å². The summed E-state index contributed by atoms with van der Waals surface area (Å²) in [5.74, 6) is 0.526. The third-order valence-corrected chi connectivity index (χ3v) is 5.29. The van der Waals surface area contributed by atoms with Crippen LogP contribution in [0.3, 0.4) is 0 Å². The third-order valence-electron chi connectivity index (χ3n) is 4.08. The Morgan fingerprint density at radius 2 is 1.88 bits per heavy atom. The van der Waals surface area contributed by atoms with Crippen LogP contribution >= 0.6 is 22.9 Å². The van der Waals surface area contributed by atoms with E-state index in [9.17, 15) is 13.2 Å². The van der Waals surface area contributed by atoms with Crippen molar-refractivity contribution in [2.24, 2.45) is 0 Å². The summed E-state index contributed by atoms with van der Waals surface area (Å²) in [5.41, 5.74) is 0.238. The first kappa shape index (κ1) is 17.9. The maximum Gasteiger partial charge on any atom is 0.416 e. The molecule has 3 rings (SSSR count). The van der Waals surface area contributed by atoms with Gasteiger partial charge in [-0.3, -0.25) is 0 Å². The molecule has 0 amide bonds. The number of fused-ring (bicyclic) bond motifs is 1. The van der Waals surface area contributed by atoms with E-state index in [0.717, 1.165) is 15.6 Å². The molecule has 1 unspecified atom stereocenters. The maximum absolute atomic E-state index is 13.3. The highest BCUT2D eigenvalue weighted by Gasteiger charge is 2.35. The second kappa shape index (κ2) is 6.46. The van der Waals surface area contributed by atoms with Crippen molar-refractivity contribution in [2.45, 2.75) is 26.1 Å². The Labute approximate surface area is 152 Å². The topological polar surface area (TPSA) is 29.0 Å². The van der Waals surface area contributed by atoms with Gasteiger partial charge in [0.05, 0.1) is 21.8 Å². The number of alkyl halides is 3. The predicted molar refractivity (Wildman–Crippen MR) is 95.4 cm³/mol. The standard InChI is InChI=1S/C17H15ClF3N3S/c1-9-8-13-14(25-9)15(23-16(18)22-13)24(3)10(2)11-6-4-5-7-12(11)17(19,20)21/h4-8,10H,1-3H3. The lowest BCUT2D eigenvalue weighted by Crippen LogP contribution is -2.25. The molecule has 0 saturated carbocycles. The molecule has 0 aliphatic carbocycles. The molecular weight excluding hydrogens is 371 g/mol. The smallest absolute Gasteiger partial charge is 0.352 e. The van der Waals surface area contributed by atoms with Crippen molar-refractivity contribution in [1.29, 1.82) is 0 Å². The molecule has 1 atom stereocenters. The van der Waals surface area contributed by atoms with Crippen LogP contribution in [0.5, 0.6) is 0 Å². The van der Waals surface area contributed by atoms with E-state index in [-0.39, 0.29) is 10.8 Å². The number of benzene rings is 1. The number of hydrogen-bond donors (Lipinski definition) is 0. The number of nitrogens with zero attached hydrogens (tertiary/aromatic N) is 3. The highest BCUT2D eigenvalue weighted by Crippen LogP contribution is 2.39. The Kier molecular flexibility index (Phi) is 4.64. The Morgan fingerprint density at radius 1 is 1.20 bits per heavy atom. The lowest BCUT2D eigenvalue weighted by atomic mass is 10.00. The fraction of sp³-hybridized carbons (Fsp3) is 0.294. The van der Waals surface area contributed by atoms with Gasteiger partial charge in [0, 0.05) is 11.9 Å². The van der Waals surface area contributed by atoms with Crippen molar-refractivity contribution in [2.75, 3.05) is 11.9 Å². The van der Waals surface area contributed by atoms with Crippen molar-refractivity contribution < 1.29 is 13.2 Å². The second-order valence-electron chi connectivity index (χ2n) is 5.76. The summed E-state index contributed by atoms with van der Waals surface area (Å²) in [7, 11) is 1.71. The minimum absolute atomic E-state index is 0.0726. The van der Waals surface area contributed by atoms with Gasteiger partial charge in [-0.25, -0.2) is 4.98 Å². The van der Waals surface area contributed by atoms with Gasteiger partial charge in [-0.1, -0.05) is 18.2 Å². The first-order chi connectivity index (χ1) is 11.7. The number of thiophene rings is 1. The number of aromatic nitrogens is 2. The summed E-state index contributed by atoms with van der Waals surface area (Å²) in [5, 5.41) is 0.0726. The lowest BCUT2D eigenvalue weighted by Gasteiger charge is -2.28. The van der Waals surface area contributed by atoms with Gasteiger partial charge in [0.1, 0.15) is 0 Å². The molecule has 0 aliphatic rings. The fourth-order valence-electron chi connectivity index (χ4n) is 2.76. The number of halogens is 4. The van der Waals surface area contributed by atoms with Crippen LogP contribution in [0.1, 0.15) is 29.0 Å². The molecule has 25 heavy (non-hydrogen) atoms. The van der Waals surface area contributed by atoms with Crippen LogP contribution < -0.4 is 4.90 Å². The van der Waals surface area contributed by atoms with Crippen molar-refractivity contribution in [3.63, 3.8) is 0 Å². The molecule has 2 heterocycles. The molecule has 8 heteroatoms. The Balaban J connectivity index is 2.09. The zero-order valence-corrected chi connectivity index (χ0v) is 15.3. The lowest BCUT2D eigenvalue weighted by molar-refractivity contribution is -0.138. The normalized spacial score (nSPS) is 13.2. The number of aryl methyl sites for hydroxylation is 1. The van der Waals surface area contributed by atoms with Gasteiger partial charge in [-0.05, 0) is 43.1 Å². The molecule has 0 spiro atoms. The van der Waals surface area contributed by atoms with E-state index in [2.05, 4.69) is 9.97 Å². The number of hydrogen-bond acceptors (Lipinski definition) is 4. The van der Waals surface area contributed by atoms with Gasteiger partial charge < -0.3 is 4.90 Å². The maximum atomic E-state index is 13.3. The zero-order valence-electron chi connectivity index (χ0n) is 13.7. The van der Waals surface area contributed by atoms with E-state index < -0.39 is 17.8 Å². The van der Waals surface area contributed by atoms with Gasteiger partial charge in [0.25, 0.3) is 0 Å². The molecule has 2 aromatic heterocycles. The third kappa shape index (κ3) is 3.43. The minimum Gasteiger partial charge on any atom is -0.352 e. The monoisotopic (exact) mass is 385 g/mol. The van der Waals surface area contributed by atoms with Crippen LogP contribution in [0, 0.1) is 6.92 Å². The molecule has 0 radical (unpaired) electrons. The Morgan fingerprint density at radius 3 is 2.56 bits per heavy atom. The quantitative estimate of drug-likeness (QED) is 0.528. The van der Waals surface area contributed by atoms with E-state index >= 15 is 0 Å². The van der Waals surface area contributed by atoms with Crippen LogP contribution in [-0.2, 0) is 6.18 Å². The summed E-state index contributed by atoms with van der Waals surface area (Å²) in [6.45, 7) is 3.65. The van der Waals surface area contributed by atoms with Crippen molar-refractivity contribution in [1.82, 2.24) is 9.97 Å².